The third-order valence-electron chi connectivity index (χ3n) is 4.07. The highest BCUT2D eigenvalue weighted by molar-refractivity contribution is 5.77. The summed E-state index contributed by atoms with van der Waals surface area (Å²) in [6.07, 6.45) is 6.67. The zero-order chi connectivity index (χ0) is 11.4. The topological polar surface area (TPSA) is 29.5 Å². The predicted molar refractivity (Wildman–Crippen MR) is 63.1 cm³/mol. The second-order valence-corrected chi connectivity index (χ2v) is 5.07. The number of rotatable bonds is 3. The third-order valence-corrected chi connectivity index (χ3v) is 4.07. The number of hydrogen-bond donors (Lipinski definition) is 0. The van der Waals surface area contributed by atoms with E-state index in [-0.39, 0.29) is 12.5 Å². The maximum Gasteiger partial charge on any atom is 0.248 e. The molecular formula is C13H23NO2. The SMILES string of the molecule is CCOCC(=O)N1CC[C@H]2CCCC[C@H]2C1. The van der Waals surface area contributed by atoms with E-state index in [1.165, 1.54) is 32.1 Å². The number of amides is 1. The summed E-state index contributed by atoms with van der Waals surface area (Å²) in [6.45, 7) is 4.77. The molecule has 2 fully saturated rings. The molecule has 3 heteroatoms. The molecule has 2 aliphatic rings. The van der Waals surface area contributed by atoms with Gasteiger partial charge in [-0.3, -0.25) is 4.79 Å². The van der Waals surface area contributed by atoms with Crippen LogP contribution in [-0.4, -0.2) is 37.1 Å². The maximum absolute atomic E-state index is 11.8. The van der Waals surface area contributed by atoms with Crippen LogP contribution in [-0.2, 0) is 9.53 Å². The standard InChI is InChI=1S/C13H23NO2/c1-2-16-10-13(15)14-8-7-11-5-3-4-6-12(11)9-14/h11-12H,2-10H2,1H3/t11-,12+/m1/s1. The van der Waals surface area contributed by atoms with Gasteiger partial charge in [0.25, 0.3) is 0 Å². The van der Waals surface area contributed by atoms with Crippen molar-refractivity contribution < 1.29 is 9.53 Å². The first-order valence-electron chi connectivity index (χ1n) is 6.66. The van der Waals surface area contributed by atoms with Gasteiger partial charge < -0.3 is 9.64 Å². The lowest BCUT2D eigenvalue weighted by Gasteiger charge is -2.41. The minimum absolute atomic E-state index is 0.186. The molecule has 1 aliphatic heterocycles. The van der Waals surface area contributed by atoms with E-state index in [9.17, 15) is 4.79 Å². The van der Waals surface area contributed by atoms with Gasteiger partial charge in [0.1, 0.15) is 6.61 Å². The van der Waals surface area contributed by atoms with Crippen molar-refractivity contribution in [1.82, 2.24) is 4.90 Å². The van der Waals surface area contributed by atoms with E-state index in [0.717, 1.165) is 24.9 Å². The Bertz CT molecular complexity index is 242. The number of nitrogens with zero attached hydrogens (tertiary/aromatic N) is 1. The molecule has 0 bridgehead atoms. The summed E-state index contributed by atoms with van der Waals surface area (Å²) in [4.78, 5) is 13.8. The van der Waals surface area contributed by atoms with Gasteiger partial charge in [-0.05, 0) is 31.6 Å². The van der Waals surface area contributed by atoms with Crippen LogP contribution in [0.3, 0.4) is 0 Å². The predicted octanol–water partition coefficient (Wildman–Crippen LogP) is 2.06. The minimum atomic E-state index is 0.186. The number of carbonyl (C=O) groups excluding carboxylic acids is 1. The highest BCUT2D eigenvalue weighted by Crippen LogP contribution is 2.35. The Kier molecular flexibility index (Phi) is 4.22. The molecule has 0 N–H and O–H groups in total. The number of ether oxygens (including phenoxy) is 1. The van der Waals surface area contributed by atoms with Crippen LogP contribution >= 0.6 is 0 Å². The van der Waals surface area contributed by atoms with Gasteiger partial charge in [0.15, 0.2) is 0 Å². The minimum Gasteiger partial charge on any atom is -0.372 e. The Morgan fingerprint density at radius 2 is 2.00 bits per heavy atom. The molecule has 1 aliphatic carbocycles. The number of fused-ring (bicyclic) bond motifs is 1. The van der Waals surface area contributed by atoms with Crippen LogP contribution in [0, 0.1) is 11.8 Å². The number of hydrogen-bond acceptors (Lipinski definition) is 2. The van der Waals surface area contributed by atoms with Crippen molar-refractivity contribution in [3.63, 3.8) is 0 Å². The Morgan fingerprint density at radius 1 is 1.25 bits per heavy atom. The van der Waals surface area contributed by atoms with E-state index in [0.29, 0.717) is 6.61 Å². The zero-order valence-corrected chi connectivity index (χ0v) is 10.3. The molecule has 3 nitrogen and oxygen atoms in total. The number of carbonyl (C=O) groups is 1. The highest BCUT2D eigenvalue weighted by Gasteiger charge is 2.32. The molecule has 0 aromatic carbocycles. The molecule has 0 aromatic rings. The van der Waals surface area contributed by atoms with Crippen molar-refractivity contribution in [3.05, 3.63) is 0 Å². The molecule has 1 heterocycles. The van der Waals surface area contributed by atoms with Crippen molar-refractivity contribution in [2.75, 3.05) is 26.3 Å². The second-order valence-electron chi connectivity index (χ2n) is 5.07. The molecule has 0 radical (unpaired) electrons. The Balaban J connectivity index is 1.82. The summed E-state index contributed by atoms with van der Waals surface area (Å²) in [7, 11) is 0. The van der Waals surface area contributed by atoms with Gasteiger partial charge in [-0.1, -0.05) is 19.3 Å². The van der Waals surface area contributed by atoms with Gasteiger partial charge >= 0.3 is 0 Å². The van der Waals surface area contributed by atoms with Gasteiger partial charge in [-0.2, -0.15) is 0 Å². The van der Waals surface area contributed by atoms with Crippen molar-refractivity contribution >= 4 is 5.91 Å². The smallest absolute Gasteiger partial charge is 0.248 e. The molecule has 0 spiro atoms. The Hall–Kier alpha value is -0.570. The van der Waals surface area contributed by atoms with E-state index in [1.54, 1.807) is 0 Å². The van der Waals surface area contributed by atoms with Crippen LogP contribution in [0.2, 0.25) is 0 Å². The van der Waals surface area contributed by atoms with Gasteiger partial charge in [-0.25, -0.2) is 0 Å². The highest BCUT2D eigenvalue weighted by atomic mass is 16.5. The van der Waals surface area contributed by atoms with E-state index in [4.69, 9.17) is 4.74 Å². The van der Waals surface area contributed by atoms with Gasteiger partial charge in [0, 0.05) is 19.7 Å². The number of likely N-dealkylation sites (tertiary alicyclic amines) is 1. The monoisotopic (exact) mass is 225 g/mol. The van der Waals surface area contributed by atoms with E-state index in [1.807, 2.05) is 11.8 Å². The van der Waals surface area contributed by atoms with E-state index in [2.05, 4.69) is 0 Å². The Labute approximate surface area is 98.1 Å². The van der Waals surface area contributed by atoms with Crippen LogP contribution in [0.4, 0.5) is 0 Å². The van der Waals surface area contributed by atoms with Crippen LogP contribution in [0.1, 0.15) is 39.0 Å². The van der Waals surface area contributed by atoms with Crippen molar-refractivity contribution in [2.24, 2.45) is 11.8 Å². The molecule has 92 valence electrons. The van der Waals surface area contributed by atoms with Crippen LogP contribution in [0.15, 0.2) is 0 Å². The molecule has 2 atom stereocenters. The Morgan fingerprint density at radius 3 is 2.75 bits per heavy atom. The quantitative estimate of drug-likeness (QED) is 0.736. The largest absolute Gasteiger partial charge is 0.372 e. The molecule has 2 rings (SSSR count). The molecule has 1 saturated heterocycles. The summed E-state index contributed by atoms with van der Waals surface area (Å²) in [5, 5.41) is 0. The first-order chi connectivity index (χ1) is 7.81. The maximum atomic E-state index is 11.8. The van der Waals surface area contributed by atoms with Crippen LogP contribution in [0.5, 0.6) is 0 Å². The normalized spacial score (nSPS) is 29.9. The fourth-order valence-electron chi connectivity index (χ4n) is 3.11. The van der Waals surface area contributed by atoms with Gasteiger partial charge in [0.2, 0.25) is 5.91 Å². The lowest BCUT2D eigenvalue weighted by molar-refractivity contribution is -0.139. The summed E-state index contributed by atoms with van der Waals surface area (Å²) in [5.41, 5.74) is 0. The van der Waals surface area contributed by atoms with E-state index < -0.39 is 0 Å². The lowest BCUT2D eigenvalue weighted by atomic mass is 9.75. The molecule has 16 heavy (non-hydrogen) atoms. The summed E-state index contributed by atoms with van der Waals surface area (Å²) in [6, 6.07) is 0. The van der Waals surface area contributed by atoms with Gasteiger partial charge in [0.05, 0.1) is 0 Å². The molecule has 0 unspecified atom stereocenters. The van der Waals surface area contributed by atoms with Crippen molar-refractivity contribution in [2.45, 2.75) is 39.0 Å². The first kappa shape index (κ1) is 11.9. The molecule has 1 amide bonds. The summed E-state index contributed by atoms with van der Waals surface area (Å²) >= 11 is 0. The molecule has 0 aromatic heterocycles. The zero-order valence-electron chi connectivity index (χ0n) is 10.3. The van der Waals surface area contributed by atoms with Crippen molar-refractivity contribution in [3.8, 4) is 0 Å². The second kappa shape index (κ2) is 5.67. The summed E-state index contributed by atoms with van der Waals surface area (Å²) < 4.78 is 5.19. The lowest BCUT2D eigenvalue weighted by Crippen LogP contribution is -2.46. The van der Waals surface area contributed by atoms with Crippen LogP contribution < -0.4 is 0 Å². The van der Waals surface area contributed by atoms with E-state index >= 15 is 0 Å². The van der Waals surface area contributed by atoms with Crippen LogP contribution in [0.25, 0.3) is 0 Å². The van der Waals surface area contributed by atoms with Crippen molar-refractivity contribution in [1.29, 1.82) is 0 Å². The fraction of sp³-hybridized carbons (Fsp3) is 0.923. The average Bonchev–Trinajstić information content (AvgIpc) is 2.35. The van der Waals surface area contributed by atoms with Gasteiger partial charge in [-0.15, -0.1) is 0 Å². The summed E-state index contributed by atoms with van der Waals surface area (Å²) in [5.74, 6) is 1.85. The molecular weight excluding hydrogens is 202 g/mol. The first-order valence-corrected chi connectivity index (χ1v) is 6.66. The average molecular weight is 225 g/mol. The molecule has 1 saturated carbocycles. The number of piperidine rings is 1. The fourth-order valence-corrected chi connectivity index (χ4v) is 3.11. The third kappa shape index (κ3) is 2.76.